The summed E-state index contributed by atoms with van der Waals surface area (Å²) in [4.78, 5) is 22.5. The summed E-state index contributed by atoms with van der Waals surface area (Å²) in [7, 11) is -3.59. The van der Waals surface area contributed by atoms with Crippen molar-refractivity contribution in [2.45, 2.75) is 76.2 Å². The van der Waals surface area contributed by atoms with Gasteiger partial charge in [0.1, 0.15) is 5.65 Å². The number of fused-ring (bicyclic) bond motifs is 1. The summed E-state index contributed by atoms with van der Waals surface area (Å²) in [6, 6.07) is 5.94. The van der Waals surface area contributed by atoms with Crippen LogP contribution in [0.2, 0.25) is 0 Å². The lowest BCUT2D eigenvalue weighted by molar-refractivity contribution is 0.148. The number of hydrogen-bond donors (Lipinski definition) is 1. The normalized spacial score (nSPS) is 21.7. The molecule has 1 aliphatic heterocycles. The molecule has 1 N–H and O–H groups in total. The molecule has 3 aromatic rings. The first-order valence-electron chi connectivity index (χ1n) is 13.7. The lowest BCUT2D eigenvalue weighted by Crippen LogP contribution is -2.37. The molecule has 3 heterocycles. The van der Waals surface area contributed by atoms with Crippen molar-refractivity contribution in [2.24, 2.45) is 11.3 Å². The van der Waals surface area contributed by atoms with Crippen LogP contribution >= 0.6 is 0 Å². The van der Waals surface area contributed by atoms with Crippen molar-refractivity contribution >= 4 is 32.7 Å². The van der Waals surface area contributed by atoms with Gasteiger partial charge >= 0.3 is 0 Å². The quantitative estimate of drug-likeness (QED) is 0.417. The van der Waals surface area contributed by atoms with E-state index in [0.29, 0.717) is 41.3 Å². The number of hydrogen-bond acceptors (Lipinski definition) is 6. The van der Waals surface area contributed by atoms with Gasteiger partial charge in [-0.25, -0.2) is 22.2 Å². The number of pyridine rings is 1. The molecule has 2 aromatic heterocycles. The van der Waals surface area contributed by atoms with E-state index in [2.05, 4.69) is 22.2 Å². The van der Waals surface area contributed by atoms with Crippen LogP contribution in [0.4, 0.5) is 20.4 Å². The first-order valence-corrected chi connectivity index (χ1v) is 15.1. The fourth-order valence-electron chi connectivity index (χ4n) is 6.35. The maximum absolute atomic E-state index is 13.8. The predicted molar refractivity (Wildman–Crippen MR) is 145 cm³/mol. The zero-order chi connectivity index (χ0) is 27.5. The SMILES string of the molecule is Cc1cc(S(=O)(=O)N2CCC(C)CC2)ccc1Nc1ncc2cc(C(F)F)c(=O)n(C3CCCC34CC4)c2n1. The van der Waals surface area contributed by atoms with Gasteiger partial charge in [-0.05, 0) is 86.6 Å². The van der Waals surface area contributed by atoms with Crippen molar-refractivity contribution in [1.29, 1.82) is 0 Å². The summed E-state index contributed by atoms with van der Waals surface area (Å²) in [6.07, 6.45) is 4.98. The number of rotatable bonds is 6. The van der Waals surface area contributed by atoms with Gasteiger partial charge in [0.2, 0.25) is 16.0 Å². The highest BCUT2D eigenvalue weighted by Crippen LogP contribution is 2.63. The molecular weight excluding hydrogens is 524 g/mol. The van der Waals surface area contributed by atoms with Gasteiger partial charge in [-0.15, -0.1) is 0 Å². The van der Waals surface area contributed by atoms with Crippen molar-refractivity contribution in [3.63, 3.8) is 0 Å². The molecule has 208 valence electrons. The summed E-state index contributed by atoms with van der Waals surface area (Å²) >= 11 is 0. The Balaban J connectivity index is 1.34. The lowest BCUT2D eigenvalue weighted by atomic mass is 9.99. The Morgan fingerprint density at radius 3 is 2.51 bits per heavy atom. The van der Waals surface area contributed by atoms with Gasteiger partial charge in [0.05, 0.1) is 10.5 Å². The number of sulfonamides is 1. The monoisotopic (exact) mass is 557 g/mol. The molecule has 8 nitrogen and oxygen atoms in total. The second-order valence-electron chi connectivity index (χ2n) is 11.5. The molecule has 1 unspecified atom stereocenters. The number of halogens is 2. The smallest absolute Gasteiger partial charge is 0.269 e. The number of benzene rings is 1. The molecule has 11 heteroatoms. The Labute approximate surface area is 226 Å². The average molecular weight is 558 g/mol. The van der Waals surface area contributed by atoms with Crippen molar-refractivity contribution in [3.8, 4) is 0 Å². The van der Waals surface area contributed by atoms with E-state index in [1.54, 1.807) is 29.4 Å². The molecule has 3 fully saturated rings. The molecule has 3 aliphatic rings. The molecule has 1 aromatic carbocycles. The van der Waals surface area contributed by atoms with Crippen LogP contribution in [0.25, 0.3) is 11.0 Å². The Morgan fingerprint density at radius 2 is 1.85 bits per heavy atom. The van der Waals surface area contributed by atoms with Gasteiger partial charge in [0.15, 0.2) is 0 Å². The average Bonchev–Trinajstić information content (AvgIpc) is 3.57. The molecule has 2 aliphatic carbocycles. The lowest BCUT2D eigenvalue weighted by Gasteiger charge is -2.29. The van der Waals surface area contributed by atoms with Gasteiger partial charge in [0.25, 0.3) is 12.0 Å². The molecule has 0 amide bonds. The molecule has 39 heavy (non-hydrogen) atoms. The molecule has 6 rings (SSSR count). The molecule has 1 atom stereocenters. The first kappa shape index (κ1) is 26.3. The number of alkyl halides is 2. The van der Waals surface area contributed by atoms with Crippen LogP contribution < -0.4 is 10.9 Å². The van der Waals surface area contributed by atoms with Crippen molar-refractivity contribution in [2.75, 3.05) is 18.4 Å². The van der Waals surface area contributed by atoms with Crippen LogP contribution in [0.1, 0.15) is 75.5 Å². The minimum atomic E-state index is -3.59. The van der Waals surface area contributed by atoms with E-state index in [1.807, 2.05) is 0 Å². The largest absolute Gasteiger partial charge is 0.324 e. The minimum absolute atomic E-state index is 0.000349. The van der Waals surface area contributed by atoms with Crippen LogP contribution in [-0.2, 0) is 10.0 Å². The third-order valence-corrected chi connectivity index (χ3v) is 10.8. The van der Waals surface area contributed by atoms with Crippen LogP contribution in [0, 0.1) is 18.3 Å². The van der Waals surface area contributed by atoms with Gasteiger partial charge in [-0.2, -0.15) is 9.29 Å². The van der Waals surface area contributed by atoms with E-state index < -0.39 is 27.6 Å². The highest BCUT2D eigenvalue weighted by molar-refractivity contribution is 7.89. The van der Waals surface area contributed by atoms with Crippen molar-refractivity contribution in [3.05, 3.63) is 51.9 Å². The number of nitrogens with zero attached hydrogens (tertiary/aromatic N) is 4. The van der Waals surface area contributed by atoms with E-state index in [0.717, 1.165) is 44.9 Å². The number of piperidine rings is 1. The predicted octanol–water partition coefficient (Wildman–Crippen LogP) is 5.71. The van der Waals surface area contributed by atoms with E-state index in [-0.39, 0.29) is 22.3 Å². The zero-order valence-corrected chi connectivity index (χ0v) is 23.0. The summed E-state index contributed by atoms with van der Waals surface area (Å²) < 4.78 is 57.0. The van der Waals surface area contributed by atoms with E-state index in [9.17, 15) is 22.0 Å². The Bertz CT molecular complexity index is 1590. The highest BCUT2D eigenvalue weighted by atomic mass is 32.2. The molecular formula is C28H33F2N5O3S. The minimum Gasteiger partial charge on any atom is -0.324 e. The molecule has 0 radical (unpaired) electrons. The molecule has 0 bridgehead atoms. The van der Waals surface area contributed by atoms with Gasteiger partial charge < -0.3 is 5.32 Å². The fourth-order valence-corrected chi connectivity index (χ4v) is 7.90. The molecule has 1 saturated heterocycles. The van der Waals surface area contributed by atoms with E-state index >= 15 is 0 Å². The first-order chi connectivity index (χ1) is 18.6. The van der Waals surface area contributed by atoms with Crippen LogP contribution in [-0.4, -0.2) is 40.3 Å². The van der Waals surface area contributed by atoms with Gasteiger partial charge in [-0.3, -0.25) is 9.36 Å². The summed E-state index contributed by atoms with van der Waals surface area (Å²) in [6.45, 7) is 4.98. The Hall–Kier alpha value is -2.92. The summed E-state index contributed by atoms with van der Waals surface area (Å²) in [5.74, 6) is 0.737. The van der Waals surface area contributed by atoms with Crippen molar-refractivity contribution in [1.82, 2.24) is 18.8 Å². The summed E-state index contributed by atoms with van der Waals surface area (Å²) in [5.41, 5.74) is 0.460. The summed E-state index contributed by atoms with van der Waals surface area (Å²) in [5, 5.41) is 3.54. The number of nitrogens with one attached hydrogen (secondary N) is 1. The van der Waals surface area contributed by atoms with Gasteiger partial charge in [0, 0.05) is 36.4 Å². The number of anilines is 2. The third kappa shape index (κ3) is 4.63. The molecule has 1 spiro atoms. The molecule has 2 saturated carbocycles. The second kappa shape index (κ2) is 9.62. The highest BCUT2D eigenvalue weighted by Gasteiger charge is 2.53. The van der Waals surface area contributed by atoms with E-state index in [4.69, 9.17) is 0 Å². The standard InChI is InChI=1S/C28H33F2N5O3S/c1-17-7-12-34(13-8-17)39(37,38)20-5-6-22(18(2)14-20)32-27-31-16-19-15-21(24(29)30)26(36)35(25(19)33-27)23-4-3-9-28(23)10-11-28/h5-6,14-17,23-24H,3-4,7-13H2,1-2H3,(H,31,32,33). The maximum atomic E-state index is 13.8. The van der Waals surface area contributed by atoms with E-state index in [1.165, 1.54) is 16.8 Å². The third-order valence-electron chi connectivity index (χ3n) is 8.92. The Morgan fingerprint density at radius 1 is 1.10 bits per heavy atom. The zero-order valence-electron chi connectivity index (χ0n) is 22.2. The van der Waals surface area contributed by atoms with Crippen LogP contribution in [0.3, 0.4) is 0 Å². The van der Waals surface area contributed by atoms with Crippen LogP contribution in [0.15, 0.2) is 40.2 Å². The second-order valence-corrected chi connectivity index (χ2v) is 13.4. The van der Waals surface area contributed by atoms with Crippen molar-refractivity contribution < 1.29 is 17.2 Å². The van der Waals surface area contributed by atoms with Gasteiger partial charge in [-0.1, -0.05) is 13.3 Å². The maximum Gasteiger partial charge on any atom is 0.269 e. The topological polar surface area (TPSA) is 97.2 Å². The number of aromatic nitrogens is 3. The Kier molecular flexibility index (Phi) is 6.49. The van der Waals surface area contributed by atoms with Crippen LogP contribution in [0.5, 0.6) is 0 Å². The number of aryl methyl sites for hydroxylation is 1. The fraction of sp³-hybridized carbons (Fsp3) is 0.536.